The predicted octanol–water partition coefficient (Wildman–Crippen LogP) is 3.12. The van der Waals surface area contributed by atoms with Gasteiger partial charge in [0.1, 0.15) is 5.82 Å². The molecule has 0 unspecified atom stereocenters. The molecule has 1 aromatic heterocycles. The van der Waals surface area contributed by atoms with Crippen molar-refractivity contribution >= 4 is 5.82 Å². The van der Waals surface area contributed by atoms with Gasteiger partial charge in [-0.05, 0) is 23.5 Å². The van der Waals surface area contributed by atoms with Crippen LogP contribution in [0.1, 0.15) is 37.5 Å². The molecule has 3 heteroatoms. The quantitative estimate of drug-likeness (QED) is 0.880. The van der Waals surface area contributed by atoms with Gasteiger partial charge in [-0.1, -0.05) is 45.0 Å². The average molecular weight is 243 g/mol. The summed E-state index contributed by atoms with van der Waals surface area (Å²) in [5, 5.41) is 4.27. The van der Waals surface area contributed by atoms with E-state index in [2.05, 4.69) is 50.1 Å². The van der Waals surface area contributed by atoms with E-state index in [9.17, 15) is 0 Å². The molecular formula is C15H21N3. The van der Waals surface area contributed by atoms with Gasteiger partial charge in [-0.3, -0.25) is 4.68 Å². The monoisotopic (exact) mass is 243 g/mol. The Kier molecular flexibility index (Phi) is 3.16. The smallest absolute Gasteiger partial charge is 0.148 e. The second-order valence-corrected chi connectivity index (χ2v) is 5.84. The standard InChI is InChI=1S/C15H21N3/c1-11-9-18(17-14(11)16)10-12-5-7-13(8-6-12)15(2,3)4/h5-9H,10H2,1-4H3,(H2,16,17). The van der Waals surface area contributed by atoms with Crippen molar-refractivity contribution in [2.45, 2.75) is 39.7 Å². The van der Waals surface area contributed by atoms with Crippen LogP contribution < -0.4 is 5.73 Å². The SMILES string of the molecule is Cc1cn(Cc2ccc(C(C)(C)C)cc2)nc1N. The number of benzene rings is 1. The lowest BCUT2D eigenvalue weighted by Gasteiger charge is -2.19. The van der Waals surface area contributed by atoms with E-state index >= 15 is 0 Å². The number of nitrogens with two attached hydrogens (primary N) is 1. The Morgan fingerprint density at radius 3 is 2.22 bits per heavy atom. The molecule has 0 aliphatic rings. The first-order valence-electron chi connectivity index (χ1n) is 6.25. The van der Waals surface area contributed by atoms with Crippen molar-refractivity contribution < 1.29 is 0 Å². The Hall–Kier alpha value is -1.77. The van der Waals surface area contributed by atoms with Crippen molar-refractivity contribution in [2.24, 2.45) is 0 Å². The number of nitrogens with zero attached hydrogens (tertiary/aromatic N) is 2. The van der Waals surface area contributed by atoms with Crippen molar-refractivity contribution in [3.63, 3.8) is 0 Å². The molecule has 0 fully saturated rings. The van der Waals surface area contributed by atoms with Gasteiger partial charge in [0.25, 0.3) is 0 Å². The average Bonchev–Trinajstić information content (AvgIpc) is 2.57. The molecule has 1 heterocycles. The topological polar surface area (TPSA) is 43.8 Å². The van der Waals surface area contributed by atoms with Crippen molar-refractivity contribution in [2.75, 3.05) is 5.73 Å². The minimum absolute atomic E-state index is 0.200. The number of nitrogen functional groups attached to an aromatic ring is 1. The Labute approximate surface area is 109 Å². The summed E-state index contributed by atoms with van der Waals surface area (Å²) in [7, 11) is 0. The number of anilines is 1. The Morgan fingerprint density at radius 1 is 1.17 bits per heavy atom. The molecule has 0 bridgehead atoms. The first kappa shape index (κ1) is 12.7. The molecular weight excluding hydrogens is 222 g/mol. The van der Waals surface area contributed by atoms with Crippen LogP contribution >= 0.6 is 0 Å². The van der Waals surface area contributed by atoms with Gasteiger partial charge in [0.05, 0.1) is 6.54 Å². The summed E-state index contributed by atoms with van der Waals surface area (Å²) in [5.41, 5.74) is 9.56. The lowest BCUT2D eigenvalue weighted by Crippen LogP contribution is -2.11. The molecule has 3 nitrogen and oxygen atoms in total. The molecule has 2 N–H and O–H groups in total. The molecule has 0 aliphatic carbocycles. The minimum Gasteiger partial charge on any atom is -0.382 e. The number of aromatic nitrogens is 2. The highest BCUT2D eigenvalue weighted by atomic mass is 15.3. The zero-order valence-corrected chi connectivity index (χ0v) is 11.6. The lowest BCUT2D eigenvalue weighted by molar-refractivity contribution is 0.589. The van der Waals surface area contributed by atoms with Crippen molar-refractivity contribution in [3.05, 3.63) is 47.2 Å². The fourth-order valence-electron chi connectivity index (χ4n) is 1.91. The van der Waals surface area contributed by atoms with Crippen molar-refractivity contribution in [1.29, 1.82) is 0 Å². The molecule has 0 saturated carbocycles. The maximum absolute atomic E-state index is 5.74. The Bertz CT molecular complexity index is 510. The van der Waals surface area contributed by atoms with Crippen LogP contribution in [-0.2, 0) is 12.0 Å². The van der Waals surface area contributed by atoms with E-state index in [1.54, 1.807) is 0 Å². The van der Waals surface area contributed by atoms with Gasteiger partial charge >= 0.3 is 0 Å². The third kappa shape index (κ3) is 2.73. The molecule has 0 atom stereocenters. The summed E-state index contributed by atoms with van der Waals surface area (Å²) in [5.74, 6) is 0.612. The van der Waals surface area contributed by atoms with E-state index in [0.29, 0.717) is 5.82 Å². The molecule has 0 amide bonds. The molecule has 0 radical (unpaired) electrons. The maximum Gasteiger partial charge on any atom is 0.148 e. The summed E-state index contributed by atoms with van der Waals surface area (Å²) >= 11 is 0. The number of hydrogen-bond donors (Lipinski definition) is 1. The zero-order chi connectivity index (χ0) is 13.3. The minimum atomic E-state index is 0.200. The highest BCUT2D eigenvalue weighted by Crippen LogP contribution is 2.22. The number of aryl methyl sites for hydroxylation is 1. The molecule has 2 aromatic rings. The van der Waals surface area contributed by atoms with Crippen LogP contribution in [-0.4, -0.2) is 9.78 Å². The maximum atomic E-state index is 5.74. The van der Waals surface area contributed by atoms with Gasteiger partial charge < -0.3 is 5.73 Å². The lowest BCUT2D eigenvalue weighted by atomic mass is 9.87. The second kappa shape index (κ2) is 4.48. The Balaban J connectivity index is 2.16. The fourth-order valence-corrected chi connectivity index (χ4v) is 1.91. The van der Waals surface area contributed by atoms with Crippen LogP contribution in [0.15, 0.2) is 30.5 Å². The van der Waals surface area contributed by atoms with E-state index in [-0.39, 0.29) is 5.41 Å². The van der Waals surface area contributed by atoms with Crippen LogP contribution in [0.3, 0.4) is 0 Å². The highest BCUT2D eigenvalue weighted by molar-refractivity contribution is 5.36. The van der Waals surface area contributed by atoms with Gasteiger partial charge in [-0.2, -0.15) is 5.10 Å². The summed E-state index contributed by atoms with van der Waals surface area (Å²) in [4.78, 5) is 0. The predicted molar refractivity (Wildman–Crippen MR) is 75.6 cm³/mol. The van der Waals surface area contributed by atoms with E-state index < -0.39 is 0 Å². The van der Waals surface area contributed by atoms with Gasteiger partial charge in [0, 0.05) is 11.8 Å². The molecule has 0 spiro atoms. The van der Waals surface area contributed by atoms with Crippen LogP contribution in [0.2, 0.25) is 0 Å². The second-order valence-electron chi connectivity index (χ2n) is 5.84. The van der Waals surface area contributed by atoms with Crippen molar-refractivity contribution in [1.82, 2.24) is 9.78 Å². The molecule has 0 aliphatic heterocycles. The van der Waals surface area contributed by atoms with E-state index in [1.807, 2.05) is 17.8 Å². The molecule has 1 aromatic carbocycles. The highest BCUT2D eigenvalue weighted by Gasteiger charge is 2.12. The van der Waals surface area contributed by atoms with Gasteiger partial charge in [0.15, 0.2) is 0 Å². The molecule has 18 heavy (non-hydrogen) atoms. The first-order valence-corrected chi connectivity index (χ1v) is 6.25. The van der Waals surface area contributed by atoms with Gasteiger partial charge in [0.2, 0.25) is 0 Å². The van der Waals surface area contributed by atoms with Crippen LogP contribution in [0.25, 0.3) is 0 Å². The third-order valence-electron chi connectivity index (χ3n) is 3.15. The van der Waals surface area contributed by atoms with E-state index in [0.717, 1.165) is 12.1 Å². The summed E-state index contributed by atoms with van der Waals surface area (Å²) < 4.78 is 1.89. The third-order valence-corrected chi connectivity index (χ3v) is 3.15. The zero-order valence-electron chi connectivity index (χ0n) is 11.6. The van der Waals surface area contributed by atoms with Crippen LogP contribution in [0.5, 0.6) is 0 Å². The van der Waals surface area contributed by atoms with Gasteiger partial charge in [-0.15, -0.1) is 0 Å². The van der Waals surface area contributed by atoms with Gasteiger partial charge in [-0.25, -0.2) is 0 Å². The van der Waals surface area contributed by atoms with Crippen molar-refractivity contribution in [3.8, 4) is 0 Å². The first-order chi connectivity index (χ1) is 8.36. The van der Waals surface area contributed by atoms with E-state index in [1.165, 1.54) is 11.1 Å². The van der Waals surface area contributed by atoms with E-state index in [4.69, 9.17) is 5.73 Å². The normalized spacial score (nSPS) is 11.8. The fraction of sp³-hybridized carbons (Fsp3) is 0.400. The number of rotatable bonds is 2. The number of hydrogen-bond acceptors (Lipinski definition) is 2. The Morgan fingerprint density at radius 2 is 1.78 bits per heavy atom. The molecule has 0 saturated heterocycles. The summed E-state index contributed by atoms with van der Waals surface area (Å²) in [6.45, 7) is 9.41. The summed E-state index contributed by atoms with van der Waals surface area (Å²) in [6, 6.07) is 8.70. The van der Waals surface area contributed by atoms with Crippen LogP contribution in [0, 0.1) is 6.92 Å². The molecule has 96 valence electrons. The largest absolute Gasteiger partial charge is 0.382 e. The molecule has 2 rings (SSSR count). The van der Waals surface area contributed by atoms with Crippen LogP contribution in [0.4, 0.5) is 5.82 Å². The summed E-state index contributed by atoms with van der Waals surface area (Å²) in [6.07, 6.45) is 1.98.